The van der Waals surface area contributed by atoms with Crippen LogP contribution in [-0.4, -0.2) is 11.8 Å². The van der Waals surface area contributed by atoms with Gasteiger partial charge in [-0.3, -0.25) is 9.59 Å². The van der Waals surface area contributed by atoms with E-state index in [1.807, 2.05) is 0 Å². The predicted molar refractivity (Wildman–Crippen MR) is 86.8 cm³/mol. The number of amides is 2. The summed E-state index contributed by atoms with van der Waals surface area (Å²) in [5.74, 6) is -3.03. The lowest BCUT2D eigenvalue weighted by molar-refractivity contribution is -0.126. The number of nitrogens with two attached hydrogens (primary N) is 2. The molecule has 2 atom stereocenters. The van der Waals surface area contributed by atoms with Crippen LogP contribution in [0.2, 0.25) is 10.0 Å². The first-order chi connectivity index (χ1) is 10.4. The lowest BCUT2D eigenvalue weighted by atomic mass is 9.80. The minimum absolute atomic E-state index is 0.522. The van der Waals surface area contributed by atoms with Crippen LogP contribution in [0.3, 0.4) is 0 Å². The first kappa shape index (κ1) is 16.3. The number of carbonyl (C=O) groups is 2. The van der Waals surface area contributed by atoms with Crippen molar-refractivity contribution in [3.05, 3.63) is 69.7 Å². The van der Waals surface area contributed by atoms with E-state index in [9.17, 15) is 9.59 Å². The Balaban J connectivity index is 2.51. The molecule has 0 aliphatic carbocycles. The van der Waals surface area contributed by atoms with Crippen molar-refractivity contribution in [2.24, 2.45) is 11.5 Å². The van der Waals surface area contributed by atoms with Crippen LogP contribution in [0, 0.1) is 0 Å². The second-order valence-corrected chi connectivity index (χ2v) is 5.74. The average Bonchev–Trinajstić information content (AvgIpc) is 2.46. The number of rotatable bonds is 5. The molecule has 2 rings (SSSR count). The highest BCUT2D eigenvalue weighted by molar-refractivity contribution is 6.30. The molecule has 0 aliphatic rings. The van der Waals surface area contributed by atoms with Crippen molar-refractivity contribution in [2.75, 3.05) is 0 Å². The van der Waals surface area contributed by atoms with Crippen molar-refractivity contribution < 1.29 is 9.59 Å². The summed E-state index contributed by atoms with van der Waals surface area (Å²) in [7, 11) is 0. The smallest absolute Gasteiger partial charge is 0.226 e. The van der Waals surface area contributed by atoms with E-state index in [1.165, 1.54) is 0 Å². The van der Waals surface area contributed by atoms with Gasteiger partial charge in [0.05, 0.1) is 11.8 Å². The molecule has 0 spiro atoms. The van der Waals surface area contributed by atoms with Crippen molar-refractivity contribution in [1.82, 2.24) is 0 Å². The number of benzene rings is 2. The molecule has 22 heavy (non-hydrogen) atoms. The molecule has 4 nitrogen and oxygen atoms in total. The molecule has 0 radical (unpaired) electrons. The van der Waals surface area contributed by atoms with Crippen molar-refractivity contribution in [1.29, 1.82) is 0 Å². The number of carbonyl (C=O) groups excluding carboxylic acids is 2. The molecule has 0 aliphatic heterocycles. The molecule has 2 amide bonds. The molecular weight excluding hydrogens is 323 g/mol. The first-order valence-electron chi connectivity index (χ1n) is 6.49. The van der Waals surface area contributed by atoms with E-state index in [1.54, 1.807) is 48.5 Å². The number of hydrogen-bond donors (Lipinski definition) is 2. The van der Waals surface area contributed by atoms with Gasteiger partial charge in [0, 0.05) is 10.0 Å². The molecule has 114 valence electrons. The Kier molecular flexibility index (Phi) is 5.06. The Morgan fingerprint density at radius 1 is 0.682 bits per heavy atom. The fraction of sp³-hybridized carbons (Fsp3) is 0.125. The summed E-state index contributed by atoms with van der Waals surface area (Å²) in [6.45, 7) is 0. The van der Waals surface area contributed by atoms with E-state index < -0.39 is 23.7 Å². The minimum Gasteiger partial charge on any atom is -0.369 e. The van der Waals surface area contributed by atoms with E-state index >= 15 is 0 Å². The lowest BCUT2D eigenvalue weighted by Gasteiger charge is -2.23. The van der Waals surface area contributed by atoms with Gasteiger partial charge < -0.3 is 11.5 Å². The molecule has 0 heterocycles. The van der Waals surface area contributed by atoms with Gasteiger partial charge in [0.1, 0.15) is 0 Å². The highest BCUT2D eigenvalue weighted by atomic mass is 35.5. The highest BCUT2D eigenvalue weighted by Crippen LogP contribution is 2.34. The Bertz CT molecular complexity index is 623. The molecule has 0 saturated carbocycles. The Hall–Kier alpha value is -2.04. The maximum Gasteiger partial charge on any atom is 0.226 e. The van der Waals surface area contributed by atoms with Gasteiger partial charge in [0.25, 0.3) is 0 Å². The van der Waals surface area contributed by atoms with E-state index in [4.69, 9.17) is 34.7 Å². The van der Waals surface area contributed by atoms with Crippen molar-refractivity contribution in [2.45, 2.75) is 11.8 Å². The Morgan fingerprint density at radius 2 is 0.955 bits per heavy atom. The quantitative estimate of drug-likeness (QED) is 0.879. The van der Waals surface area contributed by atoms with Crippen LogP contribution in [-0.2, 0) is 9.59 Å². The van der Waals surface area contributed by atoms with E-state index in [-0.39, 0.29) is 0 Å². The fourth-order valence-corrected chi connectivity index (χ4v) is 2.63. The van der Waals surface area contributed by atoms with Crippen LogP contribution in [0.4, 0.5) is 0 Å². The van der Waals surface area contributed by atoms with Gasteiger partial charge in [-0.2, -0.15) is 0 Å². The topological polar surface area (TPSA) is 86.2 Å². The van der Waals surface area contributed by atoms with Gasteiger partial charge in [-0.1, -0.05) is 47.5 Å². The molecular formula is C16H14Cl2N2O2. The molecule has 6 heteroatoms. The van der Waals surface area contributed by atoms with Crippen LogP contribution in [0.15, 0.2) is 48.5 Å². The lowest BCUT2D eigenvalue weighted by Crippen LogP contribution is -2.34. The summed E-state index contributed by atoms with van der Waals surface area (Å²) < 4.78 is 0. The molecule has 0 unspecified atom stereocenters. The third-order valence-electron chi connectivity index (χ3n) is 3.40. The summed E-state index contributed by atoms with van der Waals surface area (Å²) >= 11 is 11.7. The third kappa shape index (κ3) is 3.59. The number of hydrogen-bond acceptors (Lipinski definition) is 2. The zero-order chi connectivity index (χ0) is 16.3. The maximum absolute atomic E-state index is 11.9. The van der Waals surface area contributed by atoms with Gasteiger partial charge in [-0.05, 0) is 35.4 Å². The van der Waals surface area contributed by atoms with E-state index in [2.05, 4.69) is 0 Å². The van der Waals surface area contributed by atoms with Crippen LogP contribution < -0.4 is 11.5 Å². The third-order valence-corrected chi connectivity index (χ3v) is 3.91. The van der Waals surface area contributed by atoms with Gasteiger partial charge in [0.2, 0.25) is 11.8 Å². The average molecular weight is 337 g/mol. The molecule has 2 aromatic rings. The number of primary amides is 2. The summed E-state index contributed by atoms with van der Waals surface area (Å²) in [5, 5.41) is 1.04. The highest BCUT2D eigenvalue weighted by Gasteiger charge is 2.33. The molecule has 0 saturated heterocycles. The summed E-state index contributed by atoms with van der Waals surface area (Å²) in [5.41, 5.74) is 12.2. The summed E-state index contributed by atoms with van der Waals surface area (Å²) in [6.07, 6.45) is 0. The summed E-state index contributed by atoms with van der Waals surface area (Å²) in [4.78, 5) is 23.9. The van der Waals surface area contributed by atoms with Crippen LogP contribution in [0.25, 0.3) is 0 Å². The summed E-state index contributed by atoms with van der Waals surface area (Å²) in [6, 6.07) is 13.2. The zero-order valence-corrected chi connectivity index (χ0v) is 13.0. The minimum atomic E-state index is -0.879. The van der Waals surface area contributed by atoms with Gasteiger partial charge in [-0.25, -0.2) is 0 Å². The molecule has 0 aromatic heterocycles. The maximum atomic E-state index is 11.9. The standard InChI is InChI=1S/C16H14Cl2N2O2/c17-11-5-1-9(2-6-11)13(15(19)21)14(16(20)22)10-3-7-12(18)8-4-10/h1-8,13-14H,(H2,19,21)(H2,20,22)/t13-,14+. The predicted octanol–water partition coefficient (Wildman–Crippen LogP) is 2.83. The van der Waals surface area contributed by atoms with E-state index in [0.717, 1.165) is 0 Å². The fourth-order valence-electron chi connectivity index (χ4n) is 2.38. The second kappa shape index (κ2) is 6.81. The van der Waals surface area contributed by atoms with Gasteiger partial charge in [0.15, 0.2) is 0 Å². The molecule has 2 aromatic carbocycles. The molecule has 0 bridgehead atoms. The zero-order valence-electron chi connectivity index (χ0n) is 11.5. The van der Waals surface area contributed by atoms with E-state index in [0.29, 0.717) is 21.2 Å². The SMILES string of the molecule is NC(=O)[C@H](c1ccc(Cl)cc1)[C@@H](C(N)=O)c1ccc(Cl)cc1. The monoisotopic (exact) mass is 336 g/mol. The first-order valence-corrected chi connectivity index (χ1v) is 7.25. The van der Waals surface area contributed by atoms with Crippen molar-refractivity contribution in [3.63, 3.8) is 0 Å². The van der Waals surface area contributed by atoms with Crippen molar-refractivity contribution in [3.8, 4) is 0 Å². The number of halogens is 2. The van der Waals surface area contributed by atoms with Crippen molar-refractivity contribution >= 4 is 35.0 Å². The second-order valence-electron chi connectivity index (χ2n) is 4.86. The van der Waals surface area contributed by atoms with Crippen LogP contribution in [0.5, 0.6) is 0 Å². The largest absolute Gasteiger partial charge is 0.369 e. The van der Waals surface area contributed by atoms with Crippen LogP contribution >= 0.6 is 23.2 Å². The Labute approximate surface area is 138 Å². The van der Waals surface area contributed by atoms with Gasteiger partial charge >= 0.3 is 0 Å². The van der Waals surface area contributed by atoms with Gasteiger partial charge in [-0.15, -0.1) is 0 Å². The van der Waals surface area contributed by atoms with Crippen LogP contribution in [0.1, 0.15) is 23.0 Å². The normalized spacial score (nSPS) is 13.4. The molecule has 0 fully saturated rings. The Morgan fingerprint density at radius 3 is 1.18 bits per heavy atom. The molecule has 4 N–H and O–H groups in total.